The van der Waals surface area contributed by atoms with Gasteiger partial charge in [0.15, 0.2) is 10.8 Å². The van der Waals surface area contributed by atoms with Crippen LogP contribution in [0.1, 0.15) is 16.1 Å². The quantitative estimate of drug-likeness (QED) is 0.881. The summed E-state index contributed by atoms with van der Waals surface area (Å²) in [5.41, 5.74) is 1.16. The number of rotatable bonds is 5. The lowest BCUT2D eigenvalue weighted by Crippen LogP contribution is -2.33. The Morgan fingerprint density at radius 3 is 2.67 bits per heavy atom. The third kappa shape index (κ3) is 4.31. The smallest absolute Gasteiger partial charge is 0.275 e. The Morgan fingerprint density at radius 1 is 1.25 bits per heavy atom. The molecule has 8 heteroatoms. The molecule has 0 unspecified atom stereocenters. The van der Waals surface area contributed by atoms with Crippen molar-refractivity contribution in [3.63, 3.8) is 0 Å². The van der Waals surface area contributed by atoms with Crippen molar-refractivity contribution in [3.8, 4) is 0 Å². The van der Waals surface area contributed by atoms with Gasteiger partial charge in [-0.05, 0) is 5.56 Å². The van der Waals surface area contributed by atoms with Gasteiger partial charge in [0, 0.05) is 12.5 Å². The Labute approximate surface area is 144 Å². The molecule has 1 aromatic heterocycles. The highest BCUT2D eigenvalue weighted by Gasteiger charge is 2.20. The van der Waals surface area contributed by atoms with Gasteiger partial charge in [-0.15, -0.1) is 5.10 Å². The molecule has 128 valence electrons. The highest BCUT2D eigenvalue weighted by molar-refractivity contribution is 6.32. The van der Waals surface area contributed by atoms with E-state index in [1.54, 1.807) is 0 Å². The van der Waals surface area contributed by atoms with Gasteiger partial charge in [-0.1, -0.05) is 47.1 Å². The number of carbonyl (C=O) groups is 1. The van der Waals surface area contributed by atoms with Crippen LogP contribution in [0.5, 0.6) is 0 Å². The molecule has 3 rings (SSSR count). The fraction of sp³-hybridized carbons (Fsp3) is 0.438. The molecule has 0 spiro atoms. The number of hydrogen-bond acceptors (Lipinski definition) is 5. The lowest BCUT2D eigenvalue weighted by Gasteiger charge is -2.13. The van der Waals surface area contributed by atoms with Crippen molar-refractivity contribution < 1.29 is 14.3 Å². The molecular formula is C16H19ClN4O3. The van der Waals surface area contributed by atoms with Crippen LogP contribution in [0.25, 0.3) is 0 Å². The van der Waals surface area contributed by atoms with E-state index in [4.69, 9.17) is 21.1 Å². The number of ether oxygens (including phenoxy) is 2. The summed E-state index contributed by atoms with van der Waals surface area (Å²) in [7, 11) is 0. The predicted molar refractivity (Wildman–Crippen MR) is 88.0 cm³/mol. The summed E-state index contributed by atoms with van der Waals surface area (Å²) in [5, 5.41) is 10.9. The van der Waals surface area contributed by atoms with E-state index in [0.29, 0.717) is 39.5 Å². The van der Waals surface area contributed by atoms with E-state index < -0.39 is 0 Å². The summed E-state index contributed by atoms with van der Waals surface area (Å²) in [5.74, 6) is -0.224. The molecule has 1 aliphatic heterocycles. The number of carbonyl (C=O) groups excluding carboxylic acids is 1. The molecule has 2 heterocycles. The standard InChI is InChI=1S/C16H19ClN4O3/c17-15-14(16(22)18-8-13-10-23-6-7-24-11-13)19-20-21(15)9-12-4-2-1-3-5-12/h1-5,13H,6-11H2,(H,18,22). The Kier molecular flexibility index (Phi) is 5.79. The predicted octanol–water partition coefficient (Wildman–Crippen LogP) is 1.37. The van der Waals surface area contributed by atoms with Crippen molar-refractivity contribution in [3.05, 3.63) is 46.7 Å². The SMILES string of the molecule is O=C(NCC1COCCOC1)c1nnn(Cc2ccccc2)c1Cl. The van der Waals surface area contributed by atoms with Gasteiger partial charge in [-0.25, -0.2) is 4.68 Å². The summed E-state index contributed by atoms with van der Waals surface area (Å²) in [6.45, 7) is 3.21. The van der Waals surface area contributed by atoms with E-state index in [1.165, 1.54) is 4.68 Å². The van der Waals surface area contributed by atoms with Crippen molar-refractivity contribution in [2.24, 2.45) is 5.92 Å². The molecule has 24 heavy (non-hydrogen) atoms. The van der Waals surface area contributed by atoms with Crippen molar-refractivity contribution in [1.82, 2.24) is 20.3 Å². The highest BCUT2D eigenvalue weighted by atomic mass is 35.5. The van der Waals surface area contributed by atoms with Gasteiger partial charge in [-0.3, -0.25) is 4.79 Å². The van der Waals surface area contributed by atoms with Gasteiger partial charge in [0.25, 0.3) is 5.91 Å². The summed E-state index contributed by atoms with van der Waals surface area (Å²) < 4.78 is 12.3. The minimum atomic E-state index is -0.344. The second-order valence-corrected chi connectivity index (χ2v) is 5.96. The van der Waals surface area contributed by atoms with Crippen LogP contribution >= 0.6 is 11.6 Å². The summed E-state index contributed by atoms with van der Waals surface area (Å²) >= 11 is 6.24. The van der Waals surface area contributed by atoms with Crippen LogP contribution in [0.15, 0.2) is 30.3 Å². The first-order valence-electron chi connectivity index (χ1n) is 7.80. The highest BCUT2D eigenvalue weighted by Crippen LogP contribution is 2.15. The molecule has 1 amide bonds. The van der Waals surface area contributed by atoms with E-state index in [9.17, 15) is 4.79 Å². The molecule has 1 N–H and O–H groups in total. The van der Waals surface area contributed by atoms with E-state index >= 15 is 0 Å². The molecule has 7 nitrogen and oxygen atoms in total. The summed E-state index contributed by atoms with van der Waals surface area (Å²) in [6.07, 6.45) is 0. The Hall–Kier alpha value is -1.96. The minimum absolute atomic E-state index is 0.120. The molecule has 1 aliphatic rings. The van der Waals surface area contributed by atoms with Crippen LogP contribution in [-0.2, 0) is 16.0 Å². The lowest BCUT2D eigenvalue weighted by atomic mass is 10.2. The fourth-order valence-corrected chi connectivity index (χ4v) is 2.62. The van der Waals surface area contributed by atoms with E-state index in [2.05, 4.69) is 15.6 Å². The van der Waals surface area contributed by atoms with Crippen molar-refractivity contribution >= 4 is 17.5 Å². The molecule has 0 saturated carbocycles. The third-order valence-electron chi connectivity index (χ3n) is 3.70. The van der Waals surface area contributed by atoms with E-state index in [1.807, 2.05) is 30.3 Å². The maximum absolute atomic E-state index is 12.3. The monoisotopic (exact) mass is 350 g/mol. The van der Waals surface area contributed by atoms with Crippen LogP contribution in [0, 0.1) is 5.92 Å². The molecule has 0 bridgehead atoms. The maximum Gasteiger partial charge on any atom is 0.275 e. The maximum atomic E-state index is 12.3. The molecule has 1 fully saturated rings. The first-order chi connectivity index (χ1) is 11.7. The molecule has 0 aliphatic carbocycles. The van der Waals surface area contributed by atoms with E-state index in [0.717, 1.165) is 5.56 Å². The number of nitrogens with zero attached hydrogens (tertiary/aromatic N) is 3. The molecule has 0 atom stereocenters. The minimum Gasteiger partial charge on any atom is -0.379 e. The molecule has 2 aromatic rings. The van der Waals surface area contributed by atoms with Gasteiger partial charge in [0.05, 0.1) is 33.0 Å². The zero-order valence-corrected chi connectivity index (χ0v) is 13.9. The van der Waals surface area contributed by atoms with Crippen molar-refractivity contribution in [2.45, 2.75) is 6.54 Å². The molecular weight excluding hydrogens is 332 g/mol. The number of hydrogen-bond donors (Lipinski definition) is 1. The third-order valence-corrected chi connectivity index (χ3v) is 4.07. The first-order valence-corrected chi connectivity index (χ1v) is 8.18. The second-order valence-electron chi connectivity index (χ2n) is 5.60. The average molecular weight is 351 g/mol. The van der Waals surface area contributed by atoms with Crippen LogP contribution in [0.4, 0.5) is 0 Å². The van der Waals surface area contributed by atoms with Crippen LogP contribution in [0.3, 0.4) is 0 Å². The lowest BCUT2D eigenvalue weighted by molar-refractivity contribution is 0.0912. The van der Waals surface area contributed by atoms with Gasteiger partial charge in [0.1, 0.15) is 0 Å². The van der Waals surface area contributed by atoms with Gasteiger partial charge >= 0.3 is 0 Å². The van der Waals surface area contributed by atoms with E-state index in [-0.39, 0.29) is 22.7 Å². The van der Waals surface area contributed by atoms with Gasteiger partial charge in [-0.2, -0.15) is 0 Å². The van der Waals surface area contributed by atoms with Gasteiger partial charge < -0.3 is 14.8 Å². The number of halogens is 1. The summed E-state index contributed by atoms with van der Waals surface area (Å²) in [6, 6.07) is 9.73. The van der Waals surface area contributed by atoms with Crippen molar-refractivity contribution in [2.75, 3.05) is 33.0 Å². The average Bonchev–Trinajstić information content (AvgIpc) is 2.81. The molecule has 0 radical (unpaired) electrons. The van der Waals surface area contributed by atoms with Crippen LogP contribution < -0.4 is 5.32 Å². The number of aromatic nitrogens is 3. The number of nitrogens with one attached hydrogen (secondary N) is 1. The summed E-state index contributed by atoms with van der Waals surface area (Å²) in [4.78, 5) is 12.3. The van der Waals surface area contributed by atoms with Gasteiger partial charge in [0.2, 0.25) is 0 Å². The Morgan fingerprint density at radius 2 is 1.96 bits per heavy atom. The van der Waals surface area contributed by atoms with Crippen molar-refractivity contribution in [1.29, 1.82) is 0 Å². The largest absolute Gasteiger partial charge is 0.379 e. The Balaban J connectivity index is 1.59. The number of benzene rings is 1. The number of amides is 1. The normalized spacial score (nSPS) is 15.9. The first kappa shape index (κ1) is 16.9. The van der Waals surface area contributed by atoms with Crippen LogP contribution in [0.2, 0.25) is 5.15 Å². The Bertz CT molecular complexity index is 669. The fourth-order valence-electron chi connectivity index (χ4n) is 2.40. The second kappa shape index (κ2) is 8.23. The van der Waals surface area contributed by atoms with Crippen LogP contribution in [-0.4, -0.2) is 53.9 Å². The molecule has 1 aromatic carbocycles. The zero-order chi connectivity index (χ0) is 16.8. The zero-order valence-electron chi connectivity index (χ0n) is 13.2. The molecule has 1 saturated heterocycles. The topological polar surface area (TPSA) is 78.3 Å².